The molecule has 2 fully saturated rings. The lowest BCUT2D eigenvalue weighted by Gasteiger charge is -2.36. The van der Waals surface area contributed by atoms with Crippen molar-refractivity contribution in [1.29, 1.82) is 0 Å². The van der Waals surface area contributed by atoms with Gasteiger partial charge in [-0.3, -0.25) is 14.5 Å². The van der Waals surface area contributed by atoms with E-state index in [1.54, 1.807) is 17.0 Å². The smallest absolute Gasteiger partial charge is 0.317 e. The van der Waals surface area contributed by atoms with Crippen LogP contribution in [0.3, 0.4) is 0 Å². The van der Waals surface area contributed by atoms with Gasteiger partial charge in [-0.05, 0) is 38.6 Å². The van der Waals surface area contributed by atoms with Gasteiger partial charge in [0, 0.05) is 44.8 Å². The van der Waals surface area contributed by atoms with Crippen LogP contribution in [0.5, 0.6) is 0 Å². The SMILES string of the molecule is CN1CCCC1C(=O)N1CCN(C(=O)NCCNC(=O)c2ccccc2)CC1. The highest BCUT2D eigenvalue weighted by atomic mass is 16.2. The quantitative estimate of drug-likeness (QED) is 0.715. The molecule has 2 heterocycles. The number of urea groups is 1. The number of likely N-dealkylation sites (tertiary alicyclic amines) is 1. The Morgan fingerprint density at radius 2 is 1.57 bits per heavy atom. The van der Waals surface area contributed by atoms with Gasteiger partial charge < -0.3 is 20.4 Å². The van der Waals surface area contributed by atoms with Crippen LogP contribution in [0.15, 0.2) is 30.3 Å². The molecule has 8 nitrogen and oxygen atoms in total. The van der Waals surface area contributed by atoms with E-state index in [4.69, 9.17) is 0 Å². The van der Waals surface area contributed by atoms with Crippen LogP contribution in [-0.2, 0) is 4.79 Å². The highest BCUT2D eigenvalue weighted by molar-refractivity contribution is 5.94. The average Bonchev–Trinajstić information content (AvgIpc) is 3.17. The van der Waals surface area contributed by atoms with E-state index in [-0.39, 0.29) is 23.9 Å². The molecule has 2 aliphatic heterocycles. The molecular formula is C20H29N5O3. The number of likely N-dealkylation sites (N-methyl/N-ethyl adjacent to an activating group) is 1. The third kappa shape index (κ3) is 5.01. The molecule has 1 unspecified atom stereocenters. The number of carbonyl (C=O) groups is 3. The molecule has 1 aromatic rings. The summed E-state index contributed by atoms with van der Waals surface area (Å²) in [4.78, 5) is 42.6. The number of hydrogen-bond acceptors (Lipinski definition) is 4. The molecule has 0 saturated carbocycles. The normalized spacial score (nSPS) is 20.1. The Morgan fingerprint density at radius 1 is 0.929 bits per heavy atom. The third-order valence-corrected chi connectivity index (χ3v) is 5.41. The summed E-state index contributed by atoms with van der Waals surface area (Å²) >= 11 is 0. The zero-order valence-corrected chi connectivity index (χ0v) is 16.4. The summed E-state index contributed by atoms with van der Waals surface area (Å²) in [5.41, 5.74) is 0.600. The van der Waals surface area contributed by atoms with Gasteiger partial charge in [0.05, 0.1) is 6.04 Å². The number of benzene rings is 1. The number of nitrogens with one attached hydrogen (secondary N) is 2. The zero-order valence-electron chi connectivity index (χ0n) is 16.4. The summed E-state index contributed by atoms with van der Waals surface area (Å²) in [6.07, 6.45) is 1.99. The van der Waals surface area contributed by atoms with Crippen molar-refractivity contribution in [2.45, 2.75) is 18.9 Å². The Bertz CT molecular complexity index is 688. The summed E-state index contributed by atoms with van der Waals surface area (Å²) < 4.78 is 0. The van der Waals surface area contributed by atoms with Gasteiger partial charge >= 0.3 is 6.03 Å². The molecule has 28 heavy (non-hydrogen) atoms. The van der Waals surface area contributed by atoms with Gasteiger partial charge in [0.15, 0.2) is 0 Å². The first-order valence-corrected chi connectivity index (χ1v) is 9.91. The van der Waals surface area contributed by atoms with Gasteiger partial charge in [0.2, 0.25) is 5.91 Å². The van der Waals surface area contributed by atoms with Crippen LogP contribution in [-0.4, -0.2) is 91.4 Å². The minimum atomic E-state index is -0.154. The van der Waals surface area contributed by atoms with Crippen LogP contribution in [0.2, 0.25) is 0 Å². The number of carbonyl (C=O) groups excluding carboxylic acids is 3. The molecule has 3 rings (SSSR count). The summed E-state index contributed by atoms with van der Waals surface area (Å²) in [6.45, 7) is 3.91. The fraction of sp³-hybridized carbons (Fsp3) is 0.550. The summed E-state index contributed by atoms with van der Waals surface area (Å²) in [5.74, 6) is 0.0301. The molecule has 0 radical (unpaired) electrons. The summed E-state index contributed by atoms with van der Waals surface area (Å²) in [7, 11) is 2.00. The molecule has 1 aromatic carbocycles. The molecule has 2 N–H and O–H groups in total. The lowest BCUT2D eigenvalue weighted by atomic mass is 10.2. The number of hydrogen-bond donors (Lipinski definition) is 2. The predicted molar refractivity (Wildman–Crippen MR) is 106 cm³/mol. The molecule has 2 aliphatic rings. The number of rotatable bonds is 5. The first-order chi connectivity index (χ1) is 13.6. The Kier molecular flexibility index (Phi) is 6.86. The van der Waals surface area contributed by atoms with E-state index in [2.05, 4.69) is 15.5 Å². The fourth-order valence-electron chi connectivity index (χ4n) is 3.71. The van der Waals surface area contributed by atoms with Gasteiger partial charge in [-0.15, -0.1) is 0 Å². The van der Waals surface area contributed by atoms with Crippen molar-refractivity contribution >= 4 is 17.8 Å². The number of nitrogens with zero attached hydrogens (tertiary/aromatic N) is 3. The molecule has 0 aliphatic carbocycles. The topological polar surface area (TPSA) is 85.0 Å². The van der Waals surface area contributed by atoms with Crippen molar-refractivity contribution in [3.05, 3.63) is 35.9 Å². The molecule has 8 heteroatoms. The fourth-order valence-corrected chi connectivity index (χ4v) is 3.71. The van der Waals surface area contributed by atoms with E-state index in [9.17, 15) is 14.4 Å². The van der Waals surface area contributed by atoms with Crippen molar-refractivity contribution in [1.82, 2.24) is 25.3 Å². The van der Waals surface area contributed by atoms with Crippen LogP contribution < -0.4 is 10.6 Å². The van der Waals surface area contributed by atoms with E-state index >= 15 is 0 Å². The highest BCUT2D eigenvalue weighted by Crippen LogP contribution is 2.18. The maximum absolute atomic E-state index is 12.6. The first-order valence-electron chi connectivity index (χ1n) is 9.91. The average molecular weight is 387 g/mol. The molecule has 0 bridgehead atoms. The molecule has 1 atom stereocenters. The Morgan fingerprint density at radius 3 is 2.21 bits per heavy atom. The Hall–Kier alpha value is -2.61. The minimum absolute atomic E-state index is 0.00592. The molecule has 2 saturated heterocycles. The molecular weight excluding hydrogens is 358 g/mol. The maximum Gasteiger partial charge on any atom is 0.317 e. The van der Waals surface area contributed by atoms with E-state index in [1.165, 1.54) is 0 Å². The van der Waals surface area contributed by atoms with Crippen molar-refractivity contribution in [3.8, 4) is 0 Å². The lowest BCUT2D eigenvalue weighted by molar-refractivity contribution is -0.137. The van der Waals surface area contributed by atoms with Crippen molar-refractivity contribution in [2.75, 3.05) is 52.9 Å². The van der Waals surface area contributed by atoms with Gasteiger partial charge in [0.1, 0.15) is 0 Å². The number of amides is 4. The maximum atomic E-state index is 12.6. The lowest BCUT2D eigenvalue weighted by Crippen LogP contribution is -2.56. The third-order valence-electron chi connectivity index (χ3n) is 5.41. The van der Waals surface area contributed by atoms with Gasteiger partial charge in [-0.1, -0.05) is 18.2 Å². The van der Waals surface area contributed by atoms with Crippen LogP contribution in [0.25, 0.3) is 0 Å². The first kappa shape index (κ1) is 20.1. The van der Waals surface area contributed by atoms with Gasteiger partial charge in [-0.25, -0.2) is 4.79 Å². The van der Waals surface area contributed by atoms with Gasteiger partial charge in [-0.2, -0.15) is 0 Å². The van der Waals surface area contributed by atoms with Gasteiger partial charge in [0.25, 0.3) is 5.91 Å². The monoisotopic (exact) mass is 387 g/mol. The van der Waals surface area contributed by atoms with E-state index < -0.39 is 0 Å². The van der Waals surface area contributed by atoms with Crippen LogP contribution in [0, 0.1) is 0 Å². The van der Waals surface area contributed by atoms with Crippen LogP contribution >= 0.6 is 0 Å². The molecule has 0 aromatic heterocycles. The van der Waals surface area contributed by atoms with E-state index in [1.807, 2.05) is 30.1 Å². The van der Waals surface area contributed by atoms with E-state index in [0.717, 1.165) is 19.4 Å². The standard InChI is InChI=1S/C20H29N5O3/c1-23-11-5-8-17(23)19(27)24-12-14-25(15-13-24)20(28)22-10-9-21-18(26)16-6-3-2-4-7-16/h2-4,6-7,17H,5,8-15H2,1H3,(H,21,26)(H,22,28). The molecule has 152 valence electrons. The highest BCUT2D eigenvalue weighted by Gasteiger charge is 2.33. The Labute approximate surface area is 165 Å². The predicted octanol–water partition coefficient (Wildman–Crippen LogP) is 0.364. The second kappa shape index (κ2) is 9.54. The van der Waals surface area contributed by atoms with Crippen molar-refractivity contribution in [3.63, 3.8) is 0 Å². The van der Waals surface area contributed by atoms with Crippen LogP contribution in [0.1, 0.15) is 23.2 Å². The van der Waals surface area contributed by atoms with Crippen molar-refractivity contribution < 1.29 is 14.4 Å². The Balaban J connectivity index is 1.34. The zero-order chi connectivity index (χ0) is 19.9. The molecule has 0 spiro atoms. The van der Waals surface area contributed by atoms with Crippen molar-refractivity contribution in [2.24, 2.45) is 0 Å². The largest absolute Gasteiger partial charge is 0.350 e. The molecule has 4 amide bonds. The summed E-state index contributed by atoms with van der Waals surface area (Å²) in [6, 6.07) is 8.82. The van der Waals surface area contributed by atoms with Crippen LogP contribution in [0.4, 0.5) is 4.79 Å². The number of piperazine rings is 1. The second-order valence-electron chi connectivity index (χ2n) is 7.30. The summed E-state index contributed by atoms with van der Waals surface area (Å²) in [5, 5.41) is 5.61. The van der Waals surface area contributed by atoms with E-state index in [0.29, 0.717) is 44.8 Å². The minimum Gasteiger partial charge on any atom is -0.350 e. The second-order valence-corrected chi connectivity index (χ2v) is 7.30.